The number of fused-ring (bicyclic) bond motifs is 5. The topological polar surface area (TPSA) is 41.1 Å². The fourth-order valence-electron chi connectivity index (χ4n) is 7.31. The number of rotatable bonds is 2. The van der Waals surface area contributed by atoms with E-state index in [1.807, 2.05) is 0 Å². The SMILES string of the molecule is C[C@]12C=CC(=O)NC1CC[C@@H]1[C@H]2CC[C@]2(C)C(Nc3ccccc3)CC[C@@H]12. The molecular weight excluding hydrogens is 332 g/mol. The standard InChI is InChI=1S/C24H32N2O/c1-23-14-12-19-17(8-10-21-24(19,2)15-13-22(27)26-21)18(23)9-11-20(23)25-16-6-4-3-5-7-16/h3-7,13,15,17-21,25H,8-12,14H2,1-2H3,(H,26,27)/t17-,18-,19+,20?,21?,23-,24+/m0/s1. The van der Waals surface area contributed by atoms with Crippen LogP contribution < -0.4 is 10.6 Å². The lowest BCUT2D eigenvalue weighted by Gasteiger charge is -2.58. The highest BCUT2D eigenvalue weighted by Crippen LogP contribution is 2.63. The molecule has 7 atom stereocenters. The third-order valence-corrected chi connectivity index (χ3v) is 8.80. The van der Waals surface area contributed by atoms with Gasteiger partial charge in [-0.1, -0.05) is 38.1 Å². The van der Waals surface area contributed by atoms with Gasteiger partial charge in [0.1, 0.15) is 0 Å². The smallest absolute Gasteiger partial charge is 0.243 e. The van der Waals surface area contributed by atoms with E-state index in [9.17, 15) is 4.79 Å². The molecular formula is C24H32N2O. The Labute approximate surface area is 163 Å². The molecule has 3 heteroatoms. The molecule has 1 amide bonds. The lowest BCUT2D eigenvalue weighted by molar-refractivity contribution is -0.122. The van der Waals surface area contributed by atoms with Crippen molar-refractivity contribution in [2.24, 2.45) is 28.6 Å². The molecule has 0 spiro atoms. The molecule has 3 fully saturated rings. The monoisotopic (exact) mass is 364 g/mol. The van der Waals surface area contributed by atoms with Gasteiger partial charge in [-0.25, -0.2) is 0 Å². The number of nitrogens with one attached hydrogen (secondary N) is 2. The van der Waals surface area contributed by atoms with Crippen LogP contribution in [0.2, 0.25) is 0 Å². The number of carbonyl (C=O) groups is 1. The van der Waals surface area contributed by atoms with E-state index in [1.165, 1.54) is 37.8 Å². The fraction of sp³-hybridized carbons (Fsp3) is 0.625. The van der Waals surface area contributed by atoms with Gasteiger partial charge in [0.25, 0.3) is 0 Å². The normalized spacial score (nSPS) is 45.4. The summed E-state index contributed by atoms with van der Waals surface area (Å²) in [5, 5.41) is 7.14. The molecule has 144 valence electrons. The van der Waals surface area contributed by atoms with E-state index in [-0.39, 0.29) is 11.3 Å². The van der Waals surface area contributed by atoms with E-state index in [0.29, 0.717) is 23.4 Å². The Morgan fingerprint density at radius 1 is 1.00 bits per heavy atom. The van der Waals surface area contributed by atoms with Crippen molar-refractivity contribution in [3.05, 3.63) is 42.5 Å². The van der Waals surface area contributed by atoms with Crippen molar-refractivity contribution in [1.29, 1.82) is 0 Å². The summed E-state index contributed by atoms with van der Waals surface area (Å²) in [5.41, 5.74) is 1.80. The van der Waals surface area contributed by atoms with Gasteiger partial charge in [-0.05, 0) is 79.9 Å². The summed E-state index contributed by atoms with van der Waals surface area (Å²) in [7, 11) is 0. The van der Waals surface area contributed by atoms with Crippen molar-refractivity contribution in [1.82, 2.24) is 5.32 Å². The number of carbonyl (C=O) groups excluding carboxylic acids is 1. The van der Waals surface area contributed by atoms with Gasteiger partial charge in [0.2, 0.25) is 5.91 Å². The van der Waals surface area contributed by atoms with Crippen molar-refractivity contribution in [3.63, 3.8) is 0 Å². The maximum atomic E-state index is 11.9. The average molecular weight is 365 g/mol. The molecule has 27 heavy (non-hydrogen) atoms. The second kappa shape index (κ2) is 6.12. The first-order valence-electron chi connectivity index (χ1n) is 10.8. The van der Waals surface area contributed by atoms with Crippen LogP contribution in [-0.4, -0.2) is 18.0 Å². The second-order valence-corrected chi connectivity index (χ2v) is 9.90. The van der Waals surface area contributed by atoms with Crippen LogP contribution in [0.5, 0.6) is 0 Å². The zero-order valence-electron chi connectivity index (χ0n) is 16.6. The molecule has 0 aromatic heterocycles. The van der Waals surface area contributed by atoms with Crippen LogP contribution in [0.1, 0.15) is 52.4 Å². The van der Waals surface area contributed by atoms with E-state index < -0.39 is 0 Å². The fourth-order valence-corrected chi connectivity index (χ4v) is 7.31. The van der Waals surface area contributed by atoms with Crippen molar-refractivity contribution in [3.8, 4) is 0 Å². The van der Waals surface area contributed by atoms with E-state index in [4.69, 9.17) is 0 Å². The Kier molecular flexibility index (Phi) is 3.93. The van der Waals surface area contributed by atoms with Crippen LogP contribution in [-0.2, 0) is 4.79 Å². The van der Waals surface area contributed by atoms with Crippen LogP contribution in [0.3, 0.4) is 0 Å². The van der Waals surface area contributed by atoms with Crippen LogP contribution in [0.4, 0.5) is 5.69 Å². The summed E-state index contributed by atoms with van der Waals surface area (Å²) in [6, 6.07) is 11.7. The van der Waals surface area contributed by atoms with Crippen molar-refractivity contribution in [2.45, 2.75) is 64.5 Å². The first-order chi connectivity index (χ1) is 13.0. The van der Waals surface area contributed by atoms with E-state index >= 15 is 0 Å². The highest BCUT2D eigenvalue weighted by atomic mass is 16.1. The molecule has 3 aliphatic carbocycles. The van der Waals surface area contributed by atoms with Crippen molar-refractivity contribution >= 4 is 11.6 Å². The molecule has 0 radical (unpaired) electrons. The highest BCUT2D eigenvalue weighted by Gasteiger charge is 2.59. The number of benzene rings is 1. The van der Waals surface area contributed by atoms with Gasteiger partial charge in [0.05, 0.1) is 0 Å². The van der Waals surface area contributed by atoms with Gasteiger partial charge in [0, 0.05) is 23.2 Å². The van der Waals surface area contributed by atoms with Crippen molar-refractivity contribution < 1.29 is 4.79 Å². The van der Waals surface area contributed by atoms with E-state index in [1.54, 1.807) is 6.08 Å². The maximum absolute atomic E-state index is 11.9. The molecule has 5 rings (SSSR count). The third-order valence-electron chi connectivity index (χ3n) is 8.80. The molecule has 1 aromatic carbocycles. The summed E-state index contributed by atoms with van der Waals surface area (Å²) >= 11 is 0. The molecule has 4 aliphatic rings. The predicted octanol–water partition coefficient (Wildman–Crippen LogP) is 4.76. The molecule has 0 saturated heterocycles. The third kappa shape index (κ3) is 2.57. The lowest BCUT2D eigenvalue weighted by Crippen LogP contribution is -2.59. The number of hydrogen-bond acceptors (Lipinski definition) is 2. The number of anilines is 1. The minimum Gasteiger partial charge on any atom is -0.382 e. The summed E-state index contributed by atoms with van der Waals surface area (Å²) in [6.45, 7) is 4.95. The highest BCUT2D eigenvalue weighted by molar-refractivity contribution is 5.89. The second-order valence-electron chi connectivity index (χ2n) is 9.90. The molecule has 2 N–H and O–H groups in total. The van der Waals surface area contributed by atoms with Gasteiger partial charge in [-0.2, -0.15) is 0 Å². The molecule has 0 bridgehead atoms. The Bertz CT molecular complexity index is 759. The number of para-hydroxylation sites is 1. The molecule has 3 nitrogen and oxygen atoms in total. The number of hydrogen-bond donors (Lipinski definition) is 2. The Morgan fingerprint density at radius 3 is 2.63 bits per heavy atom. The first-order valence-corrected chi connectivity index (χ1v) is 10.8. The average Bonchev–Trinajstić information content (AvgIpc) is 3.00. The van der Waals surface area contributed by atoms with Gasteiger partial charge in [-0.3, -0.25) is 4.79 Å². The summed E-state index contributed by atoms with van der Waals surface area (Å²) in [5.74, 6) is 2.42. The van der Waals surface area contributed by atoms with Crippen LogP contribution >= 0.6 is 0 Å². The van der Waals surface area contributed by atoms with Crippen LogP contribution in [0.15, 0.2) is 42.5 Å². The summed E-state index contributed by atoms with van der Waals surface area (Å²) in [6.07, 6.45) is 11.7. The molecule has 1 aromatic rings. The van der Waals surface area contributed by atoms with Crippen LogP contribution in [0.25, 0.3) is 0 Å². The van der Waals surface area contributed by atoms with E-state index in [0.717, 1.165) is 18.3 Å². The molecule has 1 heterocycles. The lowest BCUT2D eigenvalue weighted by atomic mass is 9.48. The zero-order valence-corrected chi connectivity index (χ0v) is 16.6. The van der Waals surface area contributed by atoms with Crippen molar-refractivity contribution in [2.75, 3.05) is 5.32 Å². The Hall–Kier alpha value is -1.77. The molecule has 3 saturated carbocycles. The van der Waals surface area contributed by atoms with Gasteiger partial charge in [-0.15, -0.1) is 0 Å². The number of amides is 1. The maximum Gasteiger partial charge on any atom is 0.243 e. The quantitative estimate of drug-likeness (QED) is 0.794. The summed E-state index contributed by atoms with van der Waals surface area (Å²) in [4.78, 5) is 11.9. The predicted molar refractivity (Wildman–Crippen MR) is 109 cm³/mol. The van der Waals surface area contributed by atoms with Crippen LogP contribution in [0, 0.1) is 28.6 Å². The zero-order chi connectivity index (χ0) is 18.6. The Morgan fingerprint density at radius 2 is 1.81 bits per heavy atom. The minimum absolute atomic E-state index is 0.101. The summed E-state index contributed by atoms with van der Waals surface area (Å²) < 4.78 is 0. The largest absolute Gasteiger partial charge is 0.382 e. The first kappa shape index (κ1) is 17.3. The van der Waals surface area contributed by atoms with Gasteiger partial charge >= 0.3 is 0 Å². The Balaban J connectivity index is 1.40. The molecule has 1 aliphatic heterocycles. The molecule has 2 unspecified atom stereocenters. The van der Waals surface area contributed by atoms with E-state index in [2.05, 4.69) is 60.9 Å². The van der Waals surface area contributed by atoms with Gasteiger partial charge < -0.3 is 10.6 Å². The van der Waals surface area contributed by atoms with Gasteiger partial charge in [0.15, 0.2) is 0 Å². The minimum atomic E-state index is 0.101.